The van der Waals surface area contributed by atoms with Gasteiger partial charge in [0.25, 0.3) is 0 Å². The molecule has 1 aromatic carbocycles. The second-order valence-electron chi connectivity index (χ2n) is 4.50. The van der Waals surface area contributed by atoms with Gasteiger partial charge in [0.15, 0.2) is 0 Å². The topological polar surface area (TPSA) is 80.3 Å². The molecule has 0 atom stereocenters. The molecule has 1 heterocycles. The minimum atomic E-state index is -0.443. The van der Waals surface area contributed by atoms with Crippen LogP contribution in [0.5, 0.6) is 0 Å². The average Bonchev–Trinajstić information content (AvgIpc) is 2.97. The molecule has 0 N–H and O–H groups in total. The molecule has 2 rings (SSSR count). The van der Waals surface area contributed by atoms with Crippen LogP contribution in [0, 0.1) is 18.3 Å². The molecule has 2 aromatic rings. The lowest BCUT2D eigenvalue weighted by Crippen LogP contribution is -2.02. The van der Waals surface area contributed by atoms with Gasteiger partial charge in [-0.15, -0.1) is 0 Å². The Labute approximate surface area is 127 Å². The summed E-state index contributed by atoms with van der Waals surface area (Å²) in [6.07, 6.45) is 2.87. The highest BCUT2D eigenvalue weighted by Crippen LogP contribution is 2.17. The van der Waals surface area contributed by atoms with Crippen LogP contribution >= 0.6 is 0 Å². The maximum absolute atomic E-state index is 12.3. The number of esters is 1. The molecule has 22 heavy (non-hydrogen) atoms. The number of ether oxygens (including phenoxy) is 1. The number of Topliss-reactive ketones (excluding diaryl/α,β-unsaturated/α-hetero) is 1. The van der Waals surface area contributed by atoms with E-state index in [4.69, 9.17) is 4.42 Å². The fourth-order valence-corrected chi connectivity index (χ4v) is 1.91. The van der Waals surface area contributed by atoms with Crippen LogP contribution in [0.3, 0.4) is 0 Å². The van der Waals surface area contributed by atoms with Crippen molar-refractivity contribution in [1.82, 2.24) is 0 Å². The molecule has 5 heteroatoms. The molecule has 0 fully saturated rings. The number of carbonyl (C=O) groups is 2. The van der Waals surface area contributed by atoms with Crippen molar-refractivity contribution in [2.24, 2.45) is 0 Å². The fraction of sp³-hybridized carbons (Fsp3) is 0.118. The third kappa shape index (κ3) is 3.13. The summed E-state index contributed by atoms with van der Waals surface area (Å²) in [7, 11) is 1.30. The SMILES string of the molecule is COC(=O)c1ccc(/C=C(\C#N)C(=O)c2ccoc2C)cc1. The molecule has 0 bridgehead atoms. The molecule has 0 aliphatic heterocycles. The number of allylic oxidation sites excluding steroid dienone is 1. The lowest BCUT2D eigenvalue weighted by molar-refractivity contribution is 0.0600. The van der Waals surface area contributed by atoms with Crippen LogP contribution in [0.4, 0.5) is 0 Å². The maximum Gasteiger partial charge on any atom is 0.337 e. The van der Waals surface area contributed by atoms with Crippen LogP contribution in [0.15, 0.2) is 46.6 Å². The van der Waals surface area contributed by atoms with E-state index in [-0.39, 0.29) is 5.57 Å². The average molecular weight is 295 g/mol. The first-order chi connectivity index (χ1) is 10.6. The highest BCUT2D eigenvalue weighted by atomic mass is 16.5. The van der Waals surface area contributed by atoms with Gasteiger partial charge in [-0.2, -0.15) is 5.26 Å². The van der Waals surface area contributed by atoms with E-state index >= 15 is 0 Å². The number of nitrogens with zero attached hydrogens (tertiary/aromatic N) is 1. The lowest BCUT2D eigenvalue weighted by Gasteiger charge is -2.01. The molecule has 110 valence electrons. The van der Waals surface area contributed by atoms with Crippen molar-refractivity contribution in [2.45, 2.75) is 6.92 Å². The Hall–Kier alpha value is -3.13. The summed E-state index contributed by atoms with van der Waals surface area (Å²) < 4.78 is 9.68. The van der Waals surface area contributed by atoms with E-state index in [1.165, 1.54) is 25.5 Å². The number of aryl methyl sites for hydroxylation is 1. The smallest absolute Gasteiger partial charge is 0.337 e. The molecule has 0 aliphatic rings. The highest BCUT2D eigenvalue weighted by Gasteiger charge is 2.16. The van der Waals surface area contributed by atoms with Crippen LogP contribution in [-0.4, -0.2) is 18.9 Å². The minimum absolute atomic E-state index is 0.00434. The van der Waals surface area contributed by atoms with Crippen LogP contribution in [0.1, 0.15) is 32.0 Å². The molecular weight excluding hydrogens is 282 g/mol. The molecule has 0 spiro atoms. The molecule has 5 nitrogen and oxygen atoms in total. The van der Waals surface area contributed by atoms with E-state index in [9.17, 15) is 14.9 Å². The zero-order chi connectivity index (χ0) is 16.1. The Morgan fingerprint density at radius 1 is 1.23 bits per heavy atom. The van der Waals surface area contributed by atoms with E-state index in [0.29, 0.717) is 22.5 Å². The highest BCUT2D eigenvalue weighted by molar-refractivity contribution is 6.14. The Balaban J connectivity index is 2.30. The first-order valence-electron chi connectivity index (χ1n) is 6.45. The van der Waals surface area contributed by atoms with Gasteiger partial charge in [0.2, 0.25) is 5.78 Å². The second-order valence-corrected chi connectivity index (χ2v) is 4.50. The van der Waals surface area contributed by atoms with Crippen molar-refractivity contribution < 1.29 is 18.7 Å². The first-order valence-corrected chi connectivity index (χ1v) is 6.45. The van der Waals surface area contributed by atoms with Crippen molar-refractivity contribution in [1.29, 1.82) is 5.26 Å². The molecule has 0 saturated heterocycles. The Bertz CT molecular complexity index is 776. The van der Waals surface area contributed by atoms with E-state index in [0.717, 1.165) is 0 Å². The van der Waals surface area contributed by atoms with Crippen LogP contribution in [-0.2, 0) is 4.74 Å². The molecule has 0 unspecified atom stereocenters. The third-order valence-electron chi connectivity index (χ3n) is 3.11. The van der Waals surface area contributed by atoms with E-state index in [2.05, 4.69) is 4.74 Å². The molecular formula is C17H13NO4. The molecule has 1 aromatic heterocycles. The summed E-state index contributed by atoms with van der Waals surface area (Å²) in [6, 6.07) is 9.84. The second kappa shape index (κ2) is 6.55. The number of ketones is 1. The Morgan fingerprint density at radius 2 is 1.91 bits per heavy atom. The summed E-state index contributed by atoms with van der Waals surface area (Å²) in [5, 5.41) is 9.18. The molecule has 0 saturated carbocycles. The summed E-state index contributed by atoms with van der Waals surface area (Å²) in [5.74, 6) is -0.376. The number of furan rings is 1. The van der Waals surface area contributed by atoms with E-state index in [1.807, 2.05) is 6.07 Å². The quantitative estimate of drug-likeness (QED) is 0.374. The fourth-order valence-electron chi connectivity index (χ4n) is 1.91. The zero-order valence-electron chi connectivity index (χ0n) is 12.1. The number of hydrogen-bond acceptors (Lipinski definition) is 5. The Morgan fingerprint density at radius 3 is 2.41 bits per heavy atom. The van der Waals surface area contributed by atoms with Crippen LogP contribution in [0.2, 0.25) is 0 Å². The van der Waals surface area contributed by atoms with Gasteiger partial charge in [0, 0.05) is 0 Å². The lowest BCUT2D eigenvalue weighted by atomic mass is 10.0. The van der Waals surface area contributed by atoms with Gasteiger partial charge in [0.05, 0.1) is 24.5 Å². The Kier molecular flexibility index (Phi) is 4.54. The van der Waals surface area contributed by atoms with Gasteiger partial charge in [-0.25, -0.2) is 4.79 Å². The number of benzene rings is 1. The molecule has 0 radical (unpaired) electrons. The maximum atomic E-state index is 12.3. The molecule has 0 amide bonds. The summed E-state index contributed by atoms with van der Waals surface area (Å²) in [4.78, 5) is 23.6. The normalized spacial score (nSPS) is 10.9. The number of hydrogen-bond donors (Lipinski definition) is 0. The van der Waals surface area contributed by atoms with Crippen molar-refractivity contribution >= 4 is 17.8 Å². The van der Waals surface area contributed by atoms with E-state index in [1.54, 1.807) is 31.2 Å². The van der Waals surface area contributed by atoms with Crippen LogP contribution < -0.4 is 0 Å². The monoisotopic (exact) mass is 295 g/mol. The number of methoxy groups -OCH3 is 1. The summed E-state index contributed by atoms with van der Waals surface area (Å²) in [5.41, 5.74) is 1.39. The van der Waals surface area contributed by atoms with Gasteiger partial charge in [-0.05, 0) is 36.8 Å². The van der Waals surface area contributed by atoms with Crippen LogP contribution in [0.25, 0.3) is 6.08 Å². The summed E-state index contributed by atoms with van der Waals surface area (Å²) in [6.45, 7) is 1.66. The van der Waals surface area contributed by atoms with Gasteiger partial charge in [-0.1, -0.05) is 12.1 Å². The number of carbonyl (C=O) groups excluding carboxylic acids is 2. The number of rotatable bonds is 4. The first kappa shape index (κ1) is 15.3. The number of nitriles is 1. The van der Waals surface area contributed by atoms with Crippen molar-refractivity contribution in [3.8, 4) is 6.07 Å². The van der Waals surface area contributed by atoms with Gasteiger partial charge >= 0.3 is 5.97 Å². The standard InChI is InChI=1S/C17H13NO4/c1-11-15(7-8-22-11)16(19)14(10-18)9-12-3-5-13(6-4-12)17(20)21-2/h3-9H,1-2H3/b14-9+. The minimum Gasteiger partial charge on any atom is -0.469 e. The zero-order valence-corrected chi connectivity index (χ0v) is 12.1. The predicted octanol–water partition coefficient (Wildman–Crippen LogP) is 3.16. The third-order valence-corrected chi connectivity index (χ3v) is 3.11. The van der Waals surface area contributed by atoms with Crippen molar-refractivity contribution in [3.05, 3.63) is 64.6 Å². The largest absolute Gasteiger partial charge is 0.469 e. The van der Waals surface area contributed by atoms with Gasteiger partial charge < -0.3 is 9.15 Å². The predicted molar refractivity (Wildman–Crippen MR) is 79.1 cm³/mol. The molecule has 0 aliphatic carbocycles. The van der Waals surface area contributed by atoms with Gasteiger partial charge in [0.1, 0.15) is 17.4 Å². The summed E-state index contributed by atoms with van der Waals surface area (Å²) >= 11 is 0. The van der Waals surface area contributed by atoms with E-state index < -0.39 is 11.8 Å². The van der Waals surface area contributed by atoms with Gasteiger partial charge in [-0.3, -0.25) is 4.79 Å². The van der Waals surface area contributed by atoms with Crippen molar-refractivity contribution in [3.63, 3.8) is 0 Å². The van der Waals surface area contributed by atoms with Crippen molar-refractivity contribution in [2.75, 3.05) is 7.11 Å².